The standard InChI is InChI=1S/C16H30N4/c1-5-14-10-15(20(6-2)19-14)16(18-17)13-8-7-11(3)12(4)9-13/h10-13,16,18H,5-9,17H2,1-4H3. The molecule has 4 heteroatoms. The molecule has 1 saturated carbocycles. The van der Waals surface area contributed by atoms with Crippen molar-refractivity contribution in [1.82, 2.24) is 15.2 Å². The molecule has 0 amide bonds. The van der Waals surface area contributed by atoms with E-state index in [9.17, 15) is 0 Å². The number of hydrazine groups is 1. The van der Waals surface area contributed by atoms with E-state index in [0.717, 1.165) is 24.8 Å². The number of hydrogen-bond donors (Lipinski definition) is 2. The number of nitrogens with two attached hydrogens (primary N) is 1. The highest BCUT2D eigenvalue weighted by Crippen LogP contribution is 2.39. The van der Waals surface area contributed by atoms with Gasteiger partial charge in [-0.25, -0.2) is 0 Å². The van der Waals surface area contributed by atoms with Crippen molar-refractivity contribution in [3.8, 4) is 0 Å². The molecule has 1 aliphatic carbocycles. The predicted octanol–water partition coefficient (Wildman–Crippen LogP) is 3.04. The normalized spacial score (nSPS) is 28.6. The van der Waals surface area contributed by atoms with Gasteiger partial charge in [0, 0.05) is 6.54 Å². The Kier molecular flexibility index (Phi) is 5.22. The third-order valence-corrected chi connectivity index (χ3v) is 5.13. The van der Waals surface area contributed by atoms with Crippen LogP contribution in [0.3, 0.4) is 0 Å². The van der Waals surface area contributed by atoms with E-state index in [1.807, 2.05) is 0 Å². The van der Waals surface area contributed by atoms with Crippen molar-refractivity contribution < 1.29 is 0 Å². The van der Waals surface area contributed by atoms with E-state index in [4.69, 9.17) is 5.84 Å². The van der Waals surface area contributed by atoms with E-state index in [1.54, 1.807) is 0 Å². The number of aromatic nitrogens is 2. The summed E-state index contributed by atoms with van der Waals surface area (Å²) >= 11 is 0. The molecule has 1 aromatic rings. The fraction of sp³-hybridized carbons (Fsp3) is 0.812. The van der Waals surface area contributed by atoms with Crippen molar-refractivity contribution in [3.05, 3.63) is 17.5 Å². The first kappa shape index (κ1) is 15.5. The molecule has 4 nitrogen and oxygen atoms in total. The summed E-state index contributed by atoms with van der Waals surface area (Å²) in [5.41, 5.74) is 5.50. The molecule has 1 fully saturated rings. The van der Waals surface area contributed by atoms with Gasteiger partial charge < -0.3 is 0 Å². The first-order valence-electron chi connectivity index (χ1n) is 8.13. The van der Waals surface area contributed by atoms with Crippen molar-refractivity contribution in [3.63, 3.8) is 0 Å². The average molecular weight is 278 g/mol. The van der Waals surface area contributed by atoms with Crippen LogP contribution in [0.2, 0.25) is 0 Å². The number of rotatable bonds is 5. The molecule has 0 saturated heterocycles. The Labute approximate surface area is 123 Å². The molecule has 0 aromatic carbocycles. The lowest BCUT2D eigenvalue weighted by Crippen LogP contribution is -2.38. The molecule has 4 atom stereocenters. The van der Waals surface area contributed by atoms with Gasteiger partial charge in [0.25, 0.3) is 0 Å². The summed E-state index contributed by atoms with van der Waals surface area (Å²) in [6.45, 7) is 9.96. The summed E-state index contributed by atoms with van der Waals surface area (Å²) in [7, 11) is 0. The van der Waals surface area contributed by atoms with Crippen LogP contribution in [0, 0.1) is 17.8 Å². The third kappa shape index (κ3) is 3.07. The van der Waals surface area contributed by atoms with Crippen molar-refractivity contribution in [2.75, 3.05) is 0 Å². The van der Waals surface area contributed by atoms with E-state index in [-0.39, 0.29) is 6.04 Å². The predicted molar refractivity (Wildman–Crippen MR) is 83.0 cm³/mol. The topological polar surface area (TPSA) is 55.9 Å². The summed E-state index contributed by atoms with van der Waals surface area (Å²) in [5, 5.41) is 4.67. The first-order valence-corrected chi connectivity index (χ1v) is 8.13. The minimum atomic E-state index is 0.234. The Balaban J connectivity index is 2.21. The molecule has 0 radical (unpaired) electrons. The largest absolute Gasteiger partial charge is 0.271 e. The second kappa shape index (κ2) is 6.72. The number of hydrogen-bond acceptors (Lipinski definition) is 3. The highest BCUT2D eigenvalue weighted by Gasteiger charge is 2.32. The monoisotopic (exact) mass is 278 g/mol. The zero-order chi connectivity index (χ0) is 14.7. The van der Waals surface area contributed by atoms with Gasteiger partial charge in [0.2, 0.25) is 0 Å². The van der Waals surface area contributed by atoms with Crippen molar-refractivity contribution in [1.29, 1.82) is 0 Å². The average Bonchev–Trinajstić information content (AvgIpc) is 2.87. The molecule has 1 aliphatic rings. The molecule has 4 unspecified atom stereocenters. The van der Waals surface area contributed by atoms with Crippen LogP contribution in [-0.4, -0.2) is 9.78 Å². The third-order valence-electron chi connectivity index (χ3n) is 5.13. The maximum absolute atomic E-state index is 5.90. The number of aryl methyl sites for hydroxylation is 2. The summed E-state index contributed by atoms with van der Waals surface area (Å²) in [4.78, 5) is 0. The van der Waals surface area contributed by atoms with Crippen LogP contribution < -0.4 is 11.3 Å². The minimum absolute atomic E-state index is 0.234. The smallest absolute Gasteiger partial charge is 0.0657 e. The molecule has 20 heavy (non-hydrogen) atoms. The van der Waals surface area contributed by atoms with Crippen molar-refractivity contribution in [2.24, 2.45) is 23.6 Å². The van der Waals surface area contributed by atoms with Crippen LogP contribution in [0.4, 0.5) is 0 Å². The Morgan fingerprint density at radius 1 is 1.35 bits per heavy atom. The molecule has 2 rings (SSSR count). The Bertz CT molecular complexity index is 426. The Morgan fingerprint density at radius 3 is 2.65 bits per heavy atom. The van der Waals surface area contributed by atoms with Crippen LogP contribution in [0.5, 0.6) is 0 Å². The molecular formula is C16H30N4. The van der Waals surface area contributed by atoms with Gasteiger partial charge in [0.1, 0.15) is 0 Å². The van der Waals surface area contributed by atoms with Gasteiger partial charge in [0.05, 0.1) is 17.4 Å². The molecule has 0 spiro atoms. The lowest BCUT2D eigenvalue weighted by molar-refractivity contribution is 0.167. The SMILES string of the molecule is CCc1cc(C(NN)C2CCC(C)C(C)C2)n(CC)n1. The van der Waals surface area contributed by atoms with Gasteiger partial charge >= 0.3 is 0 Å². The van der Waals surface area contributed by atoms with Gasteiger partial charge in [-0.2, -0.15) is 5.10 Å². The van der Waals surface area contributed by atoms with Crippen LogP contribution in [-0.2, 0) is 13.0 Å². The summed E-state index contributed by atoms with van der Waals surface area (Å²) < 4.78 is 2.12. The molecule has 3 N–H and O–H groups in total. The van der Waals surface area contributed by atoms with Crippen LogP contribution in [0.15, 0.2) is 6.07 Å². The molecule has 1 heterocycles. The zero-order valence-electron chi connectivity index (χ0n) is 13.4. The van der Waals surface area contributed by atoms with Crippen LogP contribution >= 0.6 is 0 Å². The van der Waals surface area contributed by atoms with Crippen molar-refractivity contribution in [2.45, 2.75) is 66.0 Å². The maximum atomic E-state index is 5.90. The number of nitrogens with zero attached hydrogens (tertiary/aromatic N) is 2. The van der Waals surface area contributed by atoms with Gasteiger partial charge in [-0.15, -0.1) is 0 Å². The van der Waals surface area contributed by atoms with Crippen LogP contribution in [0.25, 0.3) is 0 Å². The first-order chi connectivity index (χ1) is 9.60. The quantitative estimate of drug-likeness (QED) is 0.643. The highest BCUT2D eigenvalue weighted by molar-refractivity contribution is 5.16. The highest BCUT2D eigenvalue weighted by atomic mass is 15.3. The van der Waals surface area contributed by atoms with Gasteiger partial charge in [-0.3, -0.25) is 16.0 Å². The van der Waals surface area contributed by atoms with Gasteiger partial charge in [-0.05, 0) is 50.0 Å². The van der Waals surface area contributed by atoms with E-state index in [2.05, 4.69) is 49.0 Å². The zero-order valence-corrected chi connectivity index (χ0v) is 13.4. The molecule has 0 bridgehead atoms. The Morgan fingerprint density at radius 2 is 2.10 bits per heavy atom. The number of nitrogens with one attached hydrogen (secondary N) is 1. The minimum Gasteiger partial charge on any atom is -0.271 e. The fourth-order valence-corrected chi connectivity index (χ4v) is 3.52. The second-order valence-corrected chi connectivity index (χ2v) is 6.40. The molecule has 1 aromatic heterocycles. The molecule has 0 aliphatic heterocycles. The Hall–Kier alpha value is -0.870. The van der Waals surface area contributed by atoms with E-state index < -0.39 is 0 Å². The lowest BCUT2D eigenvalue weighted by Gasteiger charge is -2.36. The fourth-order valence-electron chi connectivity index (χ4n) is 3.52. The van der Waals surface area contributed by atoms with E-state index >= 15 is 0 Å². The summed E-state index contributed by atoms with van der Waals surface area (Å²) in [6, 6.07) is 2.47. The lowest BCUT2D eigenvalue weighted by atomic mass is 9.73. The molecule has 114 valence electrons. The van der Waals surface area contributed by atoms with Gasteiger partial charge in [-0.1, -0.05) is 27.2 Å². The second-order valence-electron chi connectivity index (χ2n) is 6.40. The molecular weight excluding hydrogens is 248 g/mol. The maximum Gasteiger partial charge on any atom is 0.0657 e. The van der Waals surface area contributed by atoms with Crippen molar-refractivity contribution >= 4 is 0 Å². The van der Waals surface area contributed by atoms with Crippen LogP contribution in [0.1, 0.15) is 64.4 Å². The van der Waals surface area contributed by atoms with Gasteiger partial charge in [0.15, 0.2) is 0 Å². The van der Waals surface area contributed by atoms with E-state index in [0.29, 0.717) is 5.92 Å². The summed E-state index contributed by atoms with van der Waals surface area (Å²) in [5.74, 6) is 8.15. The summed E-state index contributed by atoms with van der Waals surface area (Å²) in [6.07, 6.45) is 4.81. The van der Waals surface area contributed by atoms with E-state index in [1.165, 1.54) is 30.7 Å².